The van der Waals surface area contributed by atoms with Gasteiger partial charge in [0.05, 0.1) is 0 Å². The average Bonchev–Trinajstić information content (AvgIpc) is 3.27. The molecule has 5 heteroatoms. The van der Waals surface area contributed by atoms with Gasteiger partial charge in [-0.15, -0.1) is 6.58 Å². The number of likely N-dealkylation sites (tertiary alicyclic amines) is 1. The first-order chi connectivity index (χ1) is 13.1. The molecule has 0 saturated carbocycles. The fourth-order valence-electron chi connectivity index (χ4n) is 4.10. The Kier molecular flexibility index (Phi) is 4.22. The van der Waals surface area contributed by atoms with Crippen LogP contribution in [0.4, 0.5) is 4.79 Å². The van der Waals surface area contributed by atoms with Gasteiger partial charge in [-0.25, -0.2) is 4.79 Å². The number of carboxylic acids is 1. The van der Waals surface area contributed by atoms with Crippen molar-refractivity contribution in [3.05, 3.63) is 72.3 Å². The predicted molar refractivity (Wildman–Crippen MR) is 102 cm³/mol. The molecule has 1 N–H and O–H groups in total. The van der Waals surface area contributed by atoms with E-state index in [2.05, 4.69) is 30.8 Å². The predicted octanol–water partition coefficient (Wildman–Crippen LogP) is 3.90. The van der Waals surface area contributed by atoms with Gasteiger partial charge in [0.15, 0.2) is 0 Å². The molecular formula is C22H21NO4. The number of rotatable bonds is 4. The zero-order valence-corrected chi connectivity index (χ0v) is 14.9. The highest BCUT2D eigenvalue weighted by atomic mass is 16.6. The van der Waals surface area contributed by atoms with Gasteiger partial charge in [0, 0.05) is 19.0 Å². The summed E-state index contributed by atoms with van der Waals surface area (Å²) in [6, 6.07) is 16.3. The maximum atomic E-state index is 12.5. The number of hydrogen-bond acceptors (Lipinski definition) is 3. The van der Waals surface area contributed by atoms with Crippen molar-refractivity contribution in [1.82, 2.24) is 4.90 Å². The minimum absolute atomic E-state index is 0.00686. The van der Waals surface area contributed by atoms with Crippen molar-refractivity contribution in [3.63, 3.8) is 0 Å². The molecule has 27 heavy (non-hydrogen) atoms. The summed E-state index contributed by atoms with van der Waals surface area (Å²) in [5, 5.41) is 9.43. The molecule has 2 aromatic rings. The summed E-state index contributed by atoms with van der Waals surface area (Å²) in [7, 11) is 0. The third kappa shape index (κ3) is 2.79. The largest absolute Gasteiger partial charge is 0.481 e. The van der Waals surface area contributed by atoms with E-state index in [4.69, 9.17) is 4.74 Å². The first kappa shape index (κ1) is 17.3. The Hall–Kier alpha value is -3.08. The van der Waals surface area contributed by atoms with Crippen molar-refractivity contribution in [2.45, 2.75) is 12.3 Å². The van der Waals surface area contributed by atoms with E-state index >= 15 is 0 Å². The fraction of sp³-hybridized carbons (Fsp3) is 0.273. The van der Waals surface area contributed by atoms with E-state index < -0.39 is 17.5 Å². The summed E-state index contributed by atoms with van der Waals surface area (Å²) in [6.45, 7) is 4.32. The molecule has 1 aliphatic heterocycles. The summed E-state index contributed by atoms with van der Waals surface area (Å²) in [4.78, 5) is 25.5. The number of carbonyl (C=O) groups is 2. The number of benzene rings is 2. The molecule has 0 bridgehead atoms. The van der Waals surface area contributed by atoms with Crippen molar-refractivity contribution in [1.29, 1.82) is 0 Å². The van der Waals surface area contributed by atoms with Crippen LogP contribution in [0.25, 0.3) is 11.1 Å². The number of ether oxygens (including phenoxy) is 1. The monoisotopic (exact) mass is 363 g/mol. The third-order valence-electron chi connectivity index (χ3n) is 5.71. The lowest BCUT2D eigenvalue weighted by molar-refractivity contribution is -0.145. The van der Waals surface area contributed by atoms with Crippen molar-refractivity contribution < 1.29 is 19.4 Å². The van der Waals surface area contributed by atoms with Crippen LogP contribution in [0, 0.1) is 5.41 Å². The Morgan fingerprint density at radius 3 is 2.26 bits per heavy atom. The number of aliphatic carboxylic acids is 1. The third-order valence-corrected chi connectivity index (χ3v) is 5.71. The molecule has 1 saturated heterocycles. The molecule has 1 amide bonds. The normalized spacial score (nSPS) is 20.8. The van der Waals surface area contributed by atoms with Gasteiger partial charge in [0.25, 0.3) is 0 Å². The number of carboxylic acid groups (broad SMARTS) is 1. The zero-order valence-electron chi connectivity index (χ0n) is 14.9. The van der Waals surface area contributed by atoms with Gasteiger partial charge in [0.2, 0.25) is 0 Å². The Morgan fingerprint density at radius 2 is 1.74 bits per heavy atom. The highest BCUT2D eigenvalue weighted by molar-refractivity contribution is 5.80. The second-order valence-corrected chi connectivity index (χ2v) is 7.14. The highest BCUT2D eigenvalue weighted by Gasteiger charge is 2.44. The average molecular weight is 363 g/mol. The minimum Gasteiger partial charge on any atom is -0.481 e. The summed E-state index contributed by atoms with van der Waals surface area (Å²) >= 11 is 0. The quantitative estimate of drug-likeness (QED) is 0.837. The van der Waals surface area contributed by atoms with E-state index in [0.717, 1.165) is 11.1 Å². The lowest BCUT2D eigenvalue weighted by atomic mass is 9.88. The van der Waals surface area contributed by atoms with E-state index in [1.54, 1.807) is 0 Å². The maximum absolute atomic E-state index is 12.5. The molecule has 1 heterocycles. The molecule has 138 valence electrons. The van der Waals surface area contributed by atoms with Gasteiger partial charge < -0.3 is 14.7 Å². The van der Waals surface area contributed by atoms with Crippen LogP contribution in [0.15, 0.2) is 61.2 Å². The first-order valence-corrected chi connectivity index (χ1v) is 9.03. The van der Waals surface area contributed by atoms with Gasteiger partial charge >= 0.3 is 12.1 Å². The molecular weight excluding hydrogens is 342 g/mol. The summed E-state index contributed by atoms with van der Waals surface area (Å²) in [5.74, 6) is -0.959. The molecule has 1 aliphatic carbocycles. The molecule has 5 nitrogen and oxygen atoms in total. The van der Waals surface area contributed by atoms with Gasteiger partial charge in [-0.2, -0.15) is 0 Å². The van der Waals surface area contributed by atoms with Crippen molar-refractivity contribution in [2.24, 2.45) is 5.41 Å². The molecule has 4 rings (SSSR count). The molecule has 1 unspecified atom stereocenters. The van der Waals surface area contributed by atoms with E-state index in [1.807, 2.05) is 24.3 Å². The van der Waals surface area contributed by atoms with E-state index in [9.17, 15) is 14.7 Å². The smallest absolute Gasteiger partial charge is 0.409 e. The number of fused-ring (bicyclic) bond motifs is 3. The van der Waals surface area contributed by atoms with Crippen LogP contribution in [-0.4, -0.2) is 41.8 Å². The lowest BCUT2D eigenvalue weighted by Gasteiger charge is -2.22. The molecule has 1 fully saturated rings. The molecule has 0 radical (unpaired) electrons. The van der Waals surface area contributed by atoms with Crippen molar-refractivity contribution in [2.75, 3.05) is 19.7 Å². The summed E-state index contributed by atoms with van der Waals surface area (Å²) in [5.41, 5.74) is 3.57. The van der Waals surface area contributed by atoms with Gasteiger partial charge in [0.1, 0.15) is 12.0 Å². The Labute approximate surface area is 157 Å². The standard InChI is InChI=1S/C22H21NO4/c1-2-22(20(24)25)11-12-23(14-22)21(26)27-13-19-17-9-5-3-7-15(17)16-8-4-6-10-18(16)19/h2-10,19H,1,11-14H2,(H,24,25). The van der Waals surface area contributed by atoms with Crippen LogP contribution in [-0.2, 0) is 9.53 Å². The zero-order chi connectivity index (χ0) is 19.0. The number of carbonyl (C=O) groups excluding carboxylic acids is 1. The molecule has 0 aromatic heterocycles. The first-order valence-electron chi connectivity index (χ1n) is 9.03. The number of hydrogen-bond donors (Lipinski definition) is 1. The van der Waals surface area contributed by atoms with Crippen molar-refractivity contribution in [3.8, 4) is 11.1 Å². The number of amides is 1. The molecule has 2 aliphatic rings. The van der Waals surface area contributed by atoms with Crippen LogP contribution in [0.2, 0.25) is 0 Å². The van der Waals surface area contributed by atoms with Crippen LogP contribution < -0.4 is 0 Å². The topological polar surface area (TPSA) is 66.8 Å². The number of nitrogens with zero attached hydrogens (tertiary/aromatic N) is 1. The van der Waals surface area contributed by atoms with Gasteiger partial charge in [-0.3, -0.25) is 4.79 Å². The molecule has 1 atom stereocenters. The van der Waals surface area contributed by atoms with Crippen LogP contribution in [0.3, 0.4) is 0 Å². The minimum atomic E-state index is -1.08. The maximum Gasteiger partial charge on any atom is 0.409 e. The Bertz CT molecular complexity index is 877. The molecule has 2 aromatic carbocycles. The van der Waals surface area contributed by atoms with E-state index in [1.165, 1.54) is 22.1 Å². The molecule has 0 spiro atoms. The van der Waals surface area contributed by atoms with Crippen LogP contribution in [0.5, 0.6) is 0 Å². The Balaban J connectivity index is 1.49. The summed E-state index contributed by atoms with van der Waals surface area (Å²) in [6.07, 6.45) is 1.31. The van der Waals surface area contributed by atoms with E-state index in [0.29, 0.717) is 13.0 Å². The van der Waals surface area contributed by atoms with Gasteiger partial charge in [-0.1, -0.05) is 54.6 Å². The highest BCUT2D eigenvalue weighted by Crippen LogP contribution is 2.44. The Morgan fingerprint density at radius 1 is 1.15 bits per heavy atom. The van der Waals surface area contributed by atoms with Gasteiger partial charge in [-0.05, 0) is 28.7 Å². The summed E-state index contributed by atoms with van der Waals surface area (Å²) < 4.78 is 5.60. The SMILES string of the molecule is C=CC1(C(=O)O)CCN(C(=O)OCC2c3ccccc3-c3ccccc32)C1. The van der Waals surface area contributed by atoms with Crippen molar-refractivity contribution >= 4 is 12.1 Å². The second-order valence-electron chi connectivity index (χ2n) is 7.14. The van der Waals surface area contributed by atoms with Crippen LogP contribution >= 0.6 is 0 Å². The lowest BCUT2D eigenvalue weighted by Crippen LogP contribution is -2.36. The van der Waals surface area contributed by atoms with E-state index in [-0.39, 0.29) is 19.1 Å². The van der Waals surface area contributed by atoms with Crippen LogP contribution in [0.1, 0.15) is 23.5 Å². The second kappa shape index (κ2) is 6.58. The fourth-order valence-corrected chi connectivity index (χ4v) is 4.10.